The highest BCUT2D eigenvalue weighted by atomic mass is 19.1. The van der Waals surface area contributed by atoms with E-state index < -0.39 is 18.2 Å². The number of carbonyl (C=O) groups excluding carboxylic acids is 1. The Hall–Kier alpha value is -3.95. The number of esters is 1. The number of aliphatic hydroxyl groups is 2. The number of aliphatic hydroxyl groups excluding tert-OH is 2. The number of halogens is 1. The summed E-state index contributed by atoms with van der Waals surface area (Å²) in [4.78, 5) is 23.6. The van der Waals surface area contributed by atoms with Crippen LogP contribution in [0.3, 0.4) is 0 Å². The summed E-state index contributed by atoms with van der Waals surface area (Å²) in [6.45, 7) is 2.32. The molecule has 0 aliphatic heterocycles. The molecule has 0 radical (unpaired) electrons. The third-order valence-corrected chi connectivity index (χ3v) is 5.96. The lowest BCUT2D eigenvalue weighted by molar-refractivity contribution is -0.675. The number of ether oxygens (including phenoxy) is 1. The van der Waals surface area contributed by atoms with Crippen molar-refractivity contribution in [3.05, 3.63) is 79.0 Å². The lowest BCUT2D eigenvalue weighted by Crippen LogP contribution is -2.39. The van der Waals surface area contributed by atoms with E-state index in [0.717, 1.165) is 28.3 Å². The number of imidazole rings is 1. The van der Waals surface area contributed by atoms with Gasteiger partial charge < -0.3 is 14.9 Å². The first kappa shape index (κ1) is 26.1. The van der Waals surface area contributed by atoms with Gasteiger partial charge in [0.2, 0.25) is 0 Å². The summed E-state index contributed by atoms with van der Waals surface area (Å²) in [6.07, 6.45) is 1.42. The van der Waals surface area contributed by atoms with E-state index in [4.69, 9.17) is 4.74 Å². The number of aromatic amines is 1. The van der Waals surface area contributed by atoms with Gasteiger partial charge in [-0.25, -0.2) is 23.9 Å². The predicted molar refractivity (Wildman–Crippen MR) is 135 cm³/mol. The van der Waals surface area contributed by atoms with Crippen molar-refractivity contribution < 1.29 is 28.7 Å². The zero-order valence-electron chi connectivity index (χ0n) is 20.5. The molecule has 2 aromatic heterocycles. The smallest absolute Gasteiger partial charge is 0.308 e. The Morgan fingerprint density at radius 1 is 1.05 bits per heavy atom. The first-order valence-corrected chi connectivity index (χ1v) is 12.2. The van der Waals surface area contributed by atoms with E-state index in [1.165, 1.54) is 18.5 Å². The molecule has 4 aromatic rings. The predicted octanol–water partition coefficient (Wildman–Crippen LogP) is 3.69. The Bertz CT molecular complexity index is 1300. The zero-order chi connectivity index (χ0) is 26.2. The fourth-order valence-electron chi connectivity index (χ4n) is 4.28. The molecule has 0 unspecified atom stereocenters. The molecule has 37 heavy (non-hydrogen) atoms. The van der Waals surface area contributed by atoms with Gasteiger partial charge >= 0.3 is 5.97 Å². The SMILES string of the molecule is CCOC(=O)C[C@@H](O)C[C@@H](O)CC[n+]1c(-c2ccccc2)[nH]c(-c2ccncn2)c1-c1ccc(F)cc1. The van der Waals surface area contributed by atoms with Crippen molar-refractivity contribution in [2.75, 3.05) is 6.61 Å². The first-order valence-electron chi connectivity index (χ1n) is 12.2. The second kappa shape index (κ2) is 12.3. The van der Waals surface area contributed by atoms with Crippen LogP contribution >= 0.6 is 0 Å². The summed E-state index contributed by atoms with van der Waals surface area (Å²) < 4.78 is 20.7. The van der Waals surface area contributed by atoms with E-state index in [2.05, 4.69) is 15.0 Å². The lowest BCUT2D eigenvalue weighted by atomic mass is 10.1. The van der Waals surface area contributed by atoms with Crippen LogP contribution in [-0.4, -0.2) is 49.9 Å². The highest BCUT2D eigenvalue weighted by Gasteiger charge is 2.29. The van der Waals surface area contributed by atoms with E-state index >= 15 is 0 Å². The molecule has 4 rings (SSSR count). The Balaban J connectivity index is 1.71. The summed E-state index contributed by atoms with van der Waals surface area (Å²) >= 11 is 0. The molecule has 0 amide bonds. The molecule has 0 bridgehead atoms. The van der Waals surface area contributed by atoms with Crippen LogP contribution in [-0.2, 0) is 16.1 Å². The van der Waals surface area contributed by atoms with Gasteiger partial charge in [-0.1, -0.05) is 18.2 Å². The molecule has 9 heteroatoms. The maximum absolute atomic E-state index is 13.8. The van der Waals surface area contributed by atoms with Crippen molar-refractivity contribution in [1.29, 1.82) is 0 Å². The minimum atomic E-state index is -1.01. The molecule has 0 aliphatic carbocycles. The highest BCUT2D eigenvalue weighted by Crippen LogP contribution is 2.31. The molecule has 0 spiro atoms. The van der Waals surface area contributed by atoms with Gasteiger partial charge in [-0.3, -0.25) is 4.79 Å². The van der Waals surface area contributed by atoms with E-state index in [1.54, 1.807) is 31.3 Å². The van der Waals surface area contributed by atoms with Crippen LogP contribution in [0.5, 0.6) is 0 Å². The van der Waals surface area contributed by atoms with Crippen LogP contribution in [0.2, 0.25) is 0 Å². The monoisotopic (exact) mass is 505 g/mol. The van der Waals surface area contributed by atoms with Gasteiger partial charge in [0.25, 0.3) is 5.82 Å². The van der Waals surface area contributed by atoms with Gasteiger partial charge in [-0.15, -0.1) is 0 Å². The second-order valence-electron chi connectivity index (χ2n) is 8.66. The fourth-order valence-corrected chi connectivity index (χ4v) is 4.28. The van der Waals surface area contributed by atoms with Crippen molar-refractivity contribution in [2.45, 2.75) is 44.9 Å². The maximum Gasteiger partial charge on any atom is 0.308 e. The summed E-state index contributed by atoms with van der Waals surface area (Å²) in [5.41, 5.74) is 3.85. The molecule has 0 saturated carbocycles. The van der Waals surface area contributed by atoms with Gasteiger partial charge in [0.1, 0.15) is 17.8 Å². The molecule has 2 aromatic carbocycles. The van der Waals surface area contributed by atoms with Gasteiger partial charge in [0.15, 0.2) is 11.4 Å². The minimum absolute atomic E-state index is 0.0368. The number of hydrogen-bond acceptors (Lipinski definition) is 6. The number of benzene rings is 2. The Morgan fingerprint density at radius 2 is 1.81 bits per heavy atom. The van der Waals surface area contributed by atoms with Crippen molar-refractivity contribution in [1.82, 2.24) is 15.0 Å². The number of hydrogen-bond donors (Lipinski definition) is 3. The van der Waals surface area contributed by atoms with E-state index in [1.807, 2.05) is 34.9 Å². The van der Waals surface area contributed by atoms with Gasteiger partial charge in [-0.05, 0) is 55.8 Å². The third kappa shape index (κ3) is 6.63. The molecule has 3 N–H and O–H groups in total. The van der Waals surface area contributed by atoms with Gasteiger partial charge in [-0.2, -0.15) is 0 Å². The summed E-state index contributed by atoms with van der Waals surface area (Å²) in [6, 6.07) is 17.7. The van der Waals surface area contributed by atoms with Crippen LogP contribution < -0.4 is 4.57 Å². The molecule has 0 saturated heterocycles. The summed E-state index contributed by atoms with van der Waals surface area (Å²) in [5, 5.41) is 20.9. The van der Waals surface area contributed by atoms with E-state index in [0.29, 0.717) is 18.7 Å². The fraction of sp³-hybridized carbons (Fsp3) is 0.286. The van der Waals surface area contributed by atoms with Crippen LogP contribution in [0.15, 0.2) is 73.2 Å². The van der Waals surface area contributed by atoms with E-state index in [-0.39, 0.29) is 25.3 Å². The summed E-state index contributed by atoms with van der Waals surface area (Å²) in [5.74, 6) is -0.0572. The topological polar surface area (TPSA) is 112 Å². The molecule has 0 fully saturated rings. The van der Waals surface area contributed by atoms with Crippen LogP contribution in [0.4, 0.5) is 4.39 Å². The molecule has 2 atom stereocenters. The Kier molecular flexibility index (Phi) is 8.71. The van der Waals surface area contributed by atoms with Crippen LogP contribution in [0.1, 0.15) is 26.2 Å². The van der Waals surface area contributed by atoms with Crippen molar-refractivity contribution in [3.63, 3.8) is 0 Å². The Morgan fingerprint density at radius 3 is 2.49 bits per heavy atom. The van der Waals surface area contributed by atoms with E-state index in [9.17, 15) is 19.4 Å². The average molecular weight is 506 g/mol. The normalized spacial score (nSPS) is 12.8. The number of H-pyrrole nitrogens is 1. The minimum Gasteiger partial charge on any atom is -0.466 e. The van der Waals surface area contributed by atoms with Crippen molar-refractivity contribution in [3.8, 4) is 34.0 Å². The van der Waals surface area contributed by atoms with Crippen molar-refractivity contribution >= 4 is 5.97 Å². The molecule has 0 aliphatic rings. The number of aromatic nitrogens is 4. The molecule has 8 nitrogen and oxygen atoms in total. The Labute approximate surface area is 214 Å². The van der Waals surface area contributed by atoms with Crippen LogP contribution in [0, 0.1) is 5.82 Å². The number of carbonyl (C=O) groups is 1. The van der Waals surface area contributed by atoms with Gasteiger partial charge in [0, 0.05) is 18.2 Å². The van der Waals surface area contributed by atoms with Crippen molar-refractivity contribution in [2.24, 2.45) is 0 Å². The largest absolute Gasteiger partial charge is 0.466 e. The number of rotatable bonds is 11. The molecular formula is C28H30FN4O4+. The van der Waals surface area contributed by atoms with Gasteiger partial charge in [0.05, 0.1) is 37.3 Å². The van der Waals surface area contributed by atoms with Crippen LogP contribution in [0.25, 0.3) is 34.0 Å². The third-order valence-electron chi connectivity index (χ3n) is 5.96. The highest BCUT2D eigenvalue weighted by molar-refractivity contribution is 5.76. The molecule has 2 heterocycles. The standard InChI is InChI=1S/C28H29FN4O4/c1-2-37-25(36)17-23(35)16-22(34)13-15-33-27(19-8-10-21(29)11-9-19)26(24-12-14-30-18-31-24)32-28(33)20-6-4-3-5-7-20/h3-12,14,18,22-23,34-35H,2,13,15-17H2,1H3/p+1/t22-,23-/m0/s1. The molecule has 192 valence electrons. The zero-order valence-corrected chi connectivity index (χ0v) is 20.5. The number of nitrogens with one attached hydrogen (secondary N) is 1. The molecular weight excluding hydrogens is 475 g/mol. The first-order chi connectivity index (χ1) is 18.0. The summed E-state index contributed by atoms with van der Waals surface area (Å²) in [7, 11) is 0. The maximum atomic E-state index is 13.8. The quantitative estimate of drug-likeness (QED) is 0.212. The average Bonchev–Trinajstić information content (AvgIpc) is 3.28. The lowest BCUT2D eigenvalue weighted by Gasteiger charge is -2.15. The number of nitrogens with zero attached hydrogens (tertiary/aromatic N) is 3. The second-order valence-corrected chi connectivity index (χ2v) is 8.66.